The van der Waals surface area contributed by atoms with Crippen molar-refractivity contribution in [3.8, 4) is 0 Å². The molecule has 0 radical (unpaired) electrons. The molecular weight excluding hydrogens is 415 g/mol. The van der Waals surface area contributed by atoms with Crippen molar-refractivity contribution in [2.45, 2.75) is 57.3 Å². The number of rotatable bonds is 11. The Balaban J connectivity index is 1.78. The molecule has 1 unspecified atom stereocenters. The molecule has 0 aromatic heterocycles. The first-order valence-electron chi connectivity index (χ1n) is 10.2. The fourth-order valence-electron chi connectivity index (χ4n) is 3.15. The molecule has 2 rings (SSSR count). The molecular formula is C23H27F5N2O. The summed E-state index contributed by atoms with van der Waals surface area (Å²) in [6, 6.07) is 10.3. The molecule has 0 bridgehead atoms. The third kappa shape index (κ3) is 8.55. The Bertz CT molecular complexity index is 837. The Morgan fingerprint density at radius 1 is 0.968 bits per heavy atom. The van der Waals surface area contributed by atoms with Gasteiger partial charge >= 0.3 is 6.18 Å². The van der Waals surface area contributed by atoms with Gasteiger partial charge in [-0.05, 0) is 61.1 Å². The van der Waals surface area contributed by atoms with Gasteiger partial charge in [0.1, 0.15) is 12.8 Å². The van der Waals surface area contributed by atoms with Crippen LogP contribution in [-0.2, 0) is 23.8 Å². The minimum Gasteiger partial charge on any atom is -0.397 e. The lowest BCUT2D eigenvalue weighted by atomic mass is 10.0. The molecule has 0 heterocycles. The number of hydrogen-bond acceptors (Lipinski definition) is 2. The standard InChI is InChI=1S/C23H27F5N2O/c24-15-19(25)4-2-1-3-5-22(31)30-21-13-10-17(14-20(21)29)7-6-16-8-11-18(12-9-16)23(26,27)28/h8-14,19H,1-7,15,29H2,(H,30,31). The van der Waals surface area contributed by atoms with Crippen LogP contribution in [0.2, 0.25) is 0 Å². The lowest BCUT2D eigenvalue weighted by Gasteiger charge is -2.11. The predicted octanol–water partition coefficient (Wildman–Crippen LogP) is 6.27. The average molecular weight is 442 g/mol. The first kappa shape index (κ1) is 24.6. The maximum Gasteiger partial charge on any atom is 0.416 e. The highest BCUT2D eigenvalue weighted by Crippen LogP contribution is 2.29. The van der Waals surface area contributed by atoms with Gasteiger partial charge in [-0.3, -0.25) is 4.79 Å². The van der Waals surface area contributed by atoms with E-state index in [1.54, 1.807) is 12.1 Å². The lowest BCUT2D eigenvalue weighted by Crippen LogP contribution is -2.13. The Hall–Kier alpha value is -2.64. The number of nitrogens with one attached hydrogen (secondary N) is 1. The highest BCUT2D eigenvalue weighted by Gasteiger charge is 2.29. The second-order valence-electron chi connectivity index (χ2n) is 7.52. The summed E-state index contributed by atoms with van der Waals surface area (Å²) in [4.78, 5) is 12.0. The SMILES string of the molecule is Nc1cc(CCc2ccc(C(F)(F)F)cc2)ccc1NC(=O)CCCCCC(F)CF. The number of nitrogen functional groups attached to an aromatic ring is 1. The van der Waals surface area contributed by atoms with Crippen LogP contribution in [0, 0.1) is 0 Å². The molecule has 31 heavy (non-hydrogen) atoms. The molecule has 0 aliphatic heterocycles. The minimum absolute atomic E-state index is 0.166. The van der Waals surface area contributed by atoms with Gasteiger partial charge in [-0.2, -0.15) is 13.2 Å². The van der Waals surface area contributed by atoms with E-state index in [-0.39, 0.29) is 18.7 Å². The van der Waals surface area contributed by atoms with Crippen molar-refractivity contribution >= 4 is 17.3 Å². The third-order valence-electron chi connectivity index (χ3n) is 4.96. The van der Waals surface area contributed by atoms with E-state index in [4.69, 9.17) is 5.73 Å². The third-order valence-corrected chi connectivity index (χ3v) is 4.96. The van der Waals surface area contributed by atoms with Gasteiger partial charge in [0.15, 0.2) is 0 Å². The smallest absolute Gasteiger partial charge is 0.397 e. The Kier molecular flexibility index (Phi) is 9.27. The van der Waals surface area contributed by atoms with E-state index >= 15 is 0 Å². The molecule has 3 N–H and O–H groups in total. The molecule has 0 spiro atoms. The van der Waals surface area contributed by atoms with E-state index in [2.05, 4.69) is 5.32 Å². The number of unbranched alkanes of at least 4 members (excludes halogenated alkanes) is 2. The maximum atomic E-state index is 12.8. The summed E-state index contributed by atoms with van der Waals surface area (Å²) in [6.07, 6.45) is -2.42. The summed E-state index contributed by atoms with van der Waals surface area (Å²) in [7, 11) is 0. The van der Waals surface area contributed by atoms with Gasteiger partial charge in [-0.15, -0.1) is 0 Å². The zero-order valence-corrected chi connectivity index (χ0v) is 17.2. The quantitative estimate of drug-likeness (QED) is 0.245. The zero-order valence-electron chi connectivity index (χ0n) is 17.2. The van der Waals surface area contributed by atoms with Crippen LogP contribution in [0.1, 0.15) is 48.8 Å². The molecule has 2 aromatic rings. The highest BCUT2D eigenvalue weighted by molar-refractivity contribution is 5.93. The van der Waals surface area contributed by atoms with Crippen LogP contribution in [0.5, 0.6) is 0 Å². The summed E-state index contributed by atoms with van der Waals surface area (Å²) in [5, 5.41) is 2.74. The van der Waals surface area contributed by atoms with E-state index < -0.39 is 24.6 Å². The van der Waals surface area contributed by atoms with Gasteiger partial charge in [-0.25, -0.2) is 8.78 Å². The van der Waals surface area contributed by atoms with E-state index in [0.29, 0.717) is 43.5 Å². The van der Waals surface area contributed by atoms with Crippen molar-refractivity contribution in [1.82, 2.24) is 0 Å². The molecule has 170 valence electrons. The number of aryl methyl sites for hydroxylation is 2. The van der Waals surface area contributed by atoms with E-state index in [0.717, 1.165) is 23.3 Å². The first-order chi connectivity index (χ1) is 14.7. The van der Waals surface area contributed by atoms with Crippen molar-refractivity contribution in [1.29, 1.82) is 0 Å². The summed E-state index contributed by atoms with van der Waals surface area (Å²) in [5.74, 6) is -0.202. The number of halogens is 5. The topological polar surface area (TPSA) is 55.1 Å². The number of carbonyl (C=O) groups is 1. The molecule has 0 aliphatic rings. The number of alkyl halides is 5. The Labute approximate surface area is 178 Å². The largest absolute Gasteiger partial charge is 0.416 e. The summed E-state index contributed by atoms with van der Waals surface area (Å²) >= 11 is 0. The molecule has 1 atom stereocenters. The molecule has 0 aliphatic carbocycles. The predicted molar refractivity (Wildman–Crippen MR) is 112 cm³/mol. The fraction of sp³-hybridized carbons (Fsp3) is 0.435. The number of benzene rings is 2. The second kappa shape index (κ2) is 11.7. The van der Waals surface area contributed by atoms with Gasteiger partial charge in [0, 0.05) is 6.42 Å². The number of anilines is 2. The Morgan fingerprint density at radius 3 is 2.23 bits per heavy atom. The van der Waals surface area contributed by atoms with Crippen LogP contribution in [0.25, 0.3) is 0 Å². The monoisotopic (exact) mass is 442 g/mol. The van der Waals surface area contributed by atoms with Crippen LogP contribution in [-0.4, -0.2) is 18.8 Å². The van der Waals surface area contributed by atoms with Crippen LogP contribution in [0.4, 0.5) is 33.3 Å². The Morgan fingerprint density at radius 2 is 1.61 bits per heavy atom. The second-order valence-corrected chi connectivity index (χ2v) is 7.52. The first-order valence-corrected chi connectivity index (χ1v) is 10.2. The molecule has 2 aromatic carbocycles. The molecule has 0 fully saturated rings. The van der Waals surface area contributed by atoms with Crippen LogP contribution in [0.15, 0.2) is 42.5 Å². The van der Waals surface area contributed by atoms with Gasteiger partial charge in [0.25, 0.3) is 0 Å². The summed E-state index contributed by atoms with van der Waals surface area (Å²) < 4.78 is 62.7. The minimum atomic E-state index is -4.35. The van der Waals surface area contributed by atoms with Crippen LogP contribution in [0.3, 0.4) is 0 Å². The number of carbonyl (C=O) groups excluding carboxylic acids is 1. The van der Waals surface area contributed by atoms with E-state index in [1.807, 2.05) is 6.07 Å². The molecule has 1 amide bonds. The number of amides is 1. The number of nitrogens with two attached hydrogens (primary N) is 1. The normalized spacial score (nSPS) is 12.5. The average Bonchev–Trinajstić information content (AvgIpc) is 2.73. The zero-order chi connectivity index (χ0) is 22.9. The van der Waals surface area contributed by atoms with E-state index in [1.165, 1.54) is 12.1 Å². The van der Waals surface area contributed by atoms with Crippen LogP contribution < -0.4 is 11.1 Å². The molecule has 8 heteroatoms. The van der Waals surface area contributed by atoms with Gasteiger partial charge in [0.2, 0.25) is 5.91 Å². The van der Waals surface area contributed by atoms with Crippen molar-refractivity contribution in [2.75, 3.05) is 17.7 Å². The van der Waals surface area contributed by atoms with Crippen LogP contribution >= 0.6 is 0 Å². The number of hydrogen-bond donors (Lipinski definition) is 2. The molecule has 3 nitrogen and oxygen atoms in total. The summed E-state index contributed by atoms with van der Waals surface area (Å²) in [6.45, 7) is -0.972. The van der Waals surface area contributed by atoms with Crippen molar-refractivity contribution in [3.63, 3.8) is 0 Å². The van der Waals surface area contributed by atoms with Crippen molar-refractivity contribution in [3.05, 3.63) is 59.2 Å². The lowest BCUT2D eigenvalue weighted by molar-refractivity contribution is -0.137. The van der Waals surface area contributed by atoms with Gasteiger partial charge < -0.3 is 11.1 Å². The fourth-order valence-corrected chi connectivity index (χ4v) is 3.15. The van der Waals surface area contributed by atoms with Crippen molar-refractivity contribution < 1.29 is 26.7 Å². The maximum absolute atomic E-state index is 12.8. The molecule has 0 saturated heterocycles. The van der Waals surface area contributed by atoms with Crippen molar-refractivity contribution in [2.24, 2.45) is 0 Å². The van der Waals surface area contributed by atoms with E-state index in [9.17, 15) is 26.7 Å². The summed E-state index contributed by atoms with van der Waals surface area (Å²) in [5.41, 5.74) is 7.93. The highest BCUT2D eigenvalue weighted by atomic mass is 19.4. The molecule has 0 saturated carbocycles. The van der Waals surface area contributed by atoms with Gasteiger partial charge in [0.05, 0.1) is 16.9 Å². The van der Waals surface area contributed by atoms with Gasteiger partial charge in [-0.1, -0.05) is 31.0 Å².